The van der Waals surface area contributed by atoms with Gasteiger partial charge in [0.15, 0.2) is 0 Å². The van der Waals surface area contributed by atoms with Crippen molar-refractivity contribution in [2.45, 2.75) is 25.5 Å². The van der Waals surface area contributed by atoms with Gasteiger partial charge in [-0.1, -0.05) is 29.8 Å². The van der Waals surface area contributed by atoms with E-state index in [0.29, 0.717) is 23.8 Å². The number of urea groups is 1. The molecule has 0 aromatic heterocycles. The quantitative estimate of drug-likeness (QED) is 0.622. The van der Waals surface area contributed by atoms with Crippen LogP contribution in [-0.2, 0) is 6.54 Å². The smallest absolute Gasteiger partial charge is 0.321 e. The summed E-state index contributed by atoms with van der Waals surface area (Å²) >= 11 is 9.82. The summed E-state index contributed by atoms with van der Waals surface area (Å²) in [6, 6.07) is 13.5. The van der Waals surface area contributed by atoms with Crippen LogP contribution in [0.1, 0.15) is 18.4 Å². The Hall–Kier alpha value is -1.80. The third-order valence-electron chi connectivity index (χ3n) is 5.76. The first-order chi connectivity index (χ1) is 15.1. The van der Waals surface area contributed by atoms with Crippen LogP contribution < -0.4 is 15.4 Å². The first-order valence-electron chi connectivity index (χ1n) is 10.8. The summed E-state index contributed by atoms with van der Waals surface area (Å²) < 4.78 is 7.17. The standard InChI is InChI=1S/C23H28BrClN4O2/c24-19-15-17(5-6-22(19)31-18-7-9-26-10-8-18)16-28-11-13-29(14-12-28)23(30)27-21-4-2-1-3-20(21)25/h1-6,15,18,26H,7-14,16H2,(H,27,30). The molecule has 0 saturated carbocycles. The third kappa shape index (κ3) is 6.13. The molecule has 31 heavy (non-hydrogen) atoms. The molecule has 2 aromatic carbocycles. The second-order valence-electron chi connectivity index (χ2n) is 8.01. The lowest BCUT2D eigenvalue weighted by Gasteiger charge is -2.34. The van der Waals surface area contributed by atoms with E-state index in [1.54, 1.807) is 6.07 Å². The van der Waals surface area contributed by atoms with Gasteiger partial charge in [-0.05, 0) is 71.7 Å². The van der Waals surface area contributed by atoms with Gasteiger partial charge in [0.2, 0.25) is 0 Å². The minimum absolute atomic E-state index is 0.102. The number of anilines is 1. The Bertz CT molecular complexity index is 899. The fourth-order valence-corrected chi connectivity index (χ4v) is 4.66. The van der Waals surface area contributed by atoms with Crippen molar-refractivity contribution in [1.82, 2.24) is 15.1 Å². The van der Waals surface area contributed by atoms with E-state index in [2.05, 4.69) is 49.7 Å². The molecular formula is C23H28BrClN4O2. The van der Waals surface area contributed by atoms with Crippen LogP contribution in [-0.4, -0.2) is 61.2 Å². The number of ether oxygens (including phenoxy) is 1. The molecule has 2 saturated heterocycles. The zero-order valence-corrected chi connectivity index (χ0v) is 19.8. The highest BCUT2D eigenvalue weighted by molar-refractivity contribution is 9.10. The predicted octanol–water partition coefficient (Wildman–Crippen LogP) is 4.58. The van der Waals surface area contributed by atoms with Crippen molar-refractivity contribution < 1.29 is 9.53 Å². The Balaban J connectivity index is 1.26. The molecule has 2 aliphatic rings. The second-order valence-corrected chi connectivity index (χ2v) is 9.27. The van der Waals surface area contributed by atoms with Gasteiger partial charge in [-0.25, -0.2) is 4.79 Å². The van der Waals surface area contributed by atoms with Gasteiger partial charge in [-0.15, -0.1) is 0 Å². The number of carbonyl (C=O) groups is 1. The average molecular weight is 508 g/mol. The molecule has 6 nitrogen and oxygen atoms in total. The first-order valence-corrected chi connectivity index (χ1v) is 11.9. The van der Waals surface area contributed by atoms with Gasteiger partial charge in [-0.3, -0.25) is 4.90 Å². The van der Waals surface area contributed by atoms with Gasteiger partial charge in [0.25, 0.3) is 0 Å². The minimum Gasteiger partial charge on any atom is -0.489 e. The van der Waals surface area contributed by atoms with E-state index in [-0.39, 0.29) is 12.1 Å². The molecule has 2 aliphatic heterocycles. The van der Waals surface area contributed by atoms with E-state index in [1.165, 1.54) is 5.56 Å². The number of piperazine rings is 1. The molecule has 166 valence electrons. The minimum atomic E-state index is -0.102. The summed E-state index contributed by atoms with van der Waals surface area (Å²) in [4.78, 5) is 16.8. The average Bonchev–Trinajstić information content (AvgIpc) is 2.78. The number of amides is 2. The van der Waals surface area contributed by atoms with E-state index in [1.807, 2.05) is 23.1 Å². The lowest BCUT2D eigenvalue weighted by molar-refractivity contribution is 0.142. The van der Waals surface area contributed by atoms with E-state index in [0.717, 1.165) is 55.8 Å². The SMILES string of the molecule is O=C(Nc1ccccc1Cl)N1CCN(Cc2ccc(OC3CCNCC3)c(Br)c2)CC1. The summed E-state index contributed by atoms with van der Waals surface area (Å²) in [6.45, 7) is 5.93. The Labute approximate surface area is 197 Å². The number of nitrogens with zero attached hydrogens (tertiary/aromatic N) is 2. The number of para-hydroxylation sites is 1. The molecule has 0 spiro atoms. The topological polar surface area (TPSA) is 56.8 Å². The van der Waals surface area contributed by atoms with Crippen LogP contribution in [0, 0.1) is 0 Å². The monoisotopic (exact) mass is 506 g/mol. The molecule has 0 radical (unpaired) electrons. The molecule has 2 fully saturated rings. The second kappa shape index (κ2) is 10.7. The van der Waals surface area contributed by atoms with Crippen molar-refractivity contribution in [2.24, 2.45) is 0 Å². The molecule has 2 N–H and O–H groups in total. The molecule has 0 bridgehead atoms. The van der Waals surface area contributed by atoms with Crippen molar-refractivity contribution in [1.29, 1.82) is 0 Å². The first kappa shape index (κ1) is 22.4. The zero-order valence-electron chi connectivity index (χ0n) is 17.4. The number of nitrogens with one attached hydrogen (secondary N) is 2. The molecule has 2 aromatic rings. The Kier molecular flexibility index (Phi) is 7.72. The van der Waals surface area contributed by atoms with Crippen molar-refractivity contribution in [2.75, 3.05) is 44.6 Å². The summed E-state index contributed by atoms with van der Waals surface area (Å²) in [7, 11) is 0. The summed E-state index contributed by atoms with van der Waals surface area (Å²) in [5, 5.41) is 6.82. The summed E-state index contributed by atoms with van der Waals surface area (Å²) in [6.07, 6.45) is 2.37. The lowest BCUT2D eigenvalue weighted by Crippen LogP contribution is -2.49. The highest BCUT2D eigenvalue weighted by Crippen LogP contribution is 2.29. The van der Waals surface area contributed by atoms with Crippen molar-refractivity contribution in [3.8, 4) is 5.75 Å². The largest absolute Gasteiger partial charge is 0.489 e. The van der Waals surface area contributed by atoms with E-state index >= 15 is 0 Å². The Morgan fingerprint density at radius 2 is 1.87 bits per heavy atom. The molecule has 4 rings (SSSR count). The van der Waals surface area contributed by atoms with Gasteiger partial charge >= 0.3 is 6.03 Å². The number of rotatable bonds is 5. The van der Waals surface area contributed by atoms with E-state index in [9.17, 15) is 4.79 Å². The van der Waals surface area contributed by atoms with Gasteiger partial charge in [-0.2, -0.15) is 0 Å². The Morgan fingerprint density at radius 3 is 2.58 bits per heavy atom. The van der Waals surface area contributed by atoms with E-state index < -0.39 is 0 Å². The molecule has 8 heteroatoms. The molecular weight excluding hydrogens is 480 g/mol. The molecule has 2 heterocycles. The highest BCUT2D eigenvalue weighted by Gasteiger charge is 2.22. The number of carbonyl (C=O) groups excluding carboxylic acids is 1. The number of hydrogen-bond acceptors (Lipinski definition) is 4. The number of piperidine rings is 1. The number of hydrogen-bond donors (Lipinski definition) is 2. The highest BCUT2D eigenvalue weighted by atomic mass is 79.9. The van der Waals surface area contributed by atoms with Crippen molar-refractivity contribution >= 4 is 39.2 Å². The molecule has 0 atom stereocenters. The molecule has 0 aliphatic carbocycles. The summed E-state index contributed by atoms with van der Waals surface area (Å²) in [5.74, 6) is 0.914. The third-order valence-corrected chi connectivity index (χ3v) is 6.71. The van der Waals surface area contributed by atoms with Gasteiger partial charge < -0.3 is 20.3 Å². The maximum absolute atomic E-state index is 12.5. The van der Waals surface area contributed by atoms with Crippen LogP contribution in [0.15, 0.2) is 46.9 Å². The fourth-order valence-electron chi connectivity index (χ4n) is 3.96. The lowest BCUT2D eigenvalue weighted by atomic mass is 10.1. The number of benzene rings is 2. The zero-order chi connectivity index (χ0) is 21.6. The van der Waals surface area contributed by atoms with Crippen LogP contribution >= 0.6 is 27.5 Å². The normalized spacial score (nSPS) is 18.1. The van der Waals surface area contributed by atoms with E-state index in [4.69, 9.17) is 16.3 Å². The van der Waals surface area contributed by atoms with Gasteiger partial charge in [0.1, 0.15) is 11.9 Å². The number of halogens is 2. The molecule has 2 amide bonds. The van der Waals surface area contributed by atoms with Crippen molar-refractivity contribution in [3.05, 3.63) is 57.5 Å². The van der Waals surface area contributed by atoms with Gasteiger partial charge in [0.05, 0.1) is 15.2 Å². The van der Waals surface area contributed by atoms with Crippen LogP contribution in [0.25, 0.3) is 0 Å². The maximum Gasteiger partial charge on any atom is 0.321 e. The van der Waals surface area contributed by atoms with Crippen LogP contribution in [0.2, 0.25) is 5.02 Å². The van der Waals surface area contributed by atoms with Crippen molar-refractivity contribution in [3.63, 3.8) is 0 Å². The summed E-state index contributed by atoms with van der Waals surface area (Å²) in [5.41, 5.74) is 1.88. The van der Waals surface area contributed by atoms with Crippen LogP contribution in [0.5, 0.6) is 5.75 Å². The van der Waals surface area contributed by atoms with Crippen LogP contribution in [0.3, 0.4) is 0 Å². The van der Waals surface area contributed by atoms with Crippen LogP contribution in [0.4, 0.5) is 10.5 Å². The predicted molar refractivity (Wildman–Crippen MR) is 128 cm³/mol. The van der Waals surface area contributed by atoms with Gasteiger partial charge in [0, 0.05) is 32.7 Å². The maximum atomic E-state index is 12.5. The Morgan fingerprint density at radius 1 is 1.13 bits per heavy atom. The molecule has 0 unspecified atom stereocenters. The fraction of sp³-hybridized carbons (Fsp3) is 0.435.